The predicted molar refractivity (Wildman–Crippen MR) is 120 cm³/mol. The second-order valence-electron chi connectivity index (χ2n) is 7.77. The summed E-state index contributed by atoms with van der Waals surface area (Å²) < 4.78 is 0. The molecule has 144 valence electrons. The first-order valence-electron chi connectivity index (χ1n) is 10.2. The van der Waals surface area contributed by atoms with E-state index in [9.17, 15) is 0 Å². The number of likely N-dealkylation sites (tertiary alicyclic amines) is 1. The second-order valence-corrected chi connectivity index (χ2v) is 8.20. The first-order valence-corrected chi connectivity index (χ1v) is 10.5. The van der Waals surface area contributed by atoms with Crippen molar-refractivity contribution >= 4 is 23.4 Å². The maximum Gasteiger partial charge on any atom is 0.121 e. The number of hydrogen-bond donors (Lipinski definition) is 0. The molecular weight excluding hydrogens is 364 g/mol. The Morgan fingerprint density at radius 1 is 1.07 bits per heavy atom. The summed E-state index contributed by atoms with van der Waals surface area (Å²) in [7, 11) is 0. The van der Waals surface area contributed by atoms with Gasteiger partial charge in [-0.25, -0.2) is 4.99 Å². The molecule has 0 saturated carbocycles. The number of halogens is 1. The molecule has 1 heterocycles. The molecule has 0 bridgehead atoms. The summed E-state index contributed by atoms with van der Waals surface area (Å²) in [6, 6.07) is 17.0. The summed E-state index contributed by atoms with van der Waals surface area (Å²) in [4.78, 5) is 7.07. The van der Waals surface area contributed by atoms with Crippen molar-refractivity contribution in [2.75, 3.05) is 13.1 Å². The third kappa shape index (κ3) is 3.93. The van der Waals surface area contributed by atoms with Gasteiger partial charge in [0.25, 0.3) is 0 Å². The number of nitrogens with zero attached hydrogens (tertiary/aromatic N) is 2. The molecule has 4 rings (SSSR count). The Morgan fingerprint density at radius 2 is 1.79 bits per heavy atom. The predicted octanol–water partition coefficient (Wildman–Crippen LogP) is 6.68. The highest BCUT2D eigenvalue weighted by Gasteiger charge is 2.25. The minimum atomic E-state index is 0.321. The lowest BCUT2D eigenvalue weighted by molar-refractivity contribution is 0.284. The van der Waals surface area contributed by atoms with Crippen molar-refractivity contribution in [3.63, 3.8) is 0 Å². The Kier molecular flexibility index (Phi) is 5.68. The van der Waals surface area contributed by atoms with Crippen molar-refractivity contribution in [1.29, 1.82) is 0 Å². The quantitative estimate of drug-likeness (QED) is 0.532. The Bertz CT molecular complexity index is 918. The Morgan fingerprint density at radius 3 is 2.54 bits per heavy atom. The van der Waals surface area contributed by atoms with E-state index < -0.39 is 0 Å². The molecule has 2 nitrogen and oxygen atoms in total. The van der Waals surface area contributed by atoms with Crippen LogP contribution >= 0.6 is 11.6 Å². The summed E-state index contributed by atoms with van der Waals surface area (Å²) in [6.45, 7) is 8.57. The van der Waals surface area contributed by atoms with E-state index in [1.807, 2.05) is 18.3 Å². The van der Waals surface area contributed by atoms with Gasteiger partial charge in [0.15, 0.2) is 0 Å². The SMILES string of the molecule is C=C(/N=C\C1=C(C)c2ccccc2C(c2ccc(Cl)cc2)C1)N1CCCCC1. The van der Waals surface area contributed by atoms with Crippen molar-refractivity contribution in [2.45, 2.75) is 38.5 Å². The minimum Gasteiger partial charge on any atom is -0.357 e. The van der Waals surface area contributed by atoms with Crippen LogP contribution in [-0.2, 0) is 0 Å². The van der Waals surface area contributed by atoms with E-state index in [0.717, 1.165) is 30.4 Å². The van der Waals surface area contributed by atoms with E-state index >= 15 is 0 Å². The summed E-state index contributed by atoms with van der Waals surface area (Å²) in [6.07, 6.45) is 6.79. The number of benzene rings is 2. The fourth-order valence-corrected chi connectivity index (χ4v) is 4.45. The molecule has 1 aliphatic carbocycles. The van der Waals surface area contributed by atoms with Crippen molar-refractivity contribution in [3.8, 4) is 0 Å². The van der Waals surface area contributed by atoms with Gasteiger partial charge >= 0.3 is 0 Å². The number of fused-ring (bicyclic) bond motifs is 1. The van der Waals surface area contributed by atoms with Gasteiger partial charge < -0.3 is 4.90 Å². The average molecular weight is 391 g/mol. The zero-order valence-corrected chi connectivity index (χ0v) is 17.3. The normalized spacial score (nSPS) is 19.8. The zero-order valence-electron chi connectivity index (χ0n) is 16.5. The summed E-state index contributed by atoms with van der Waals surface area (Å²) in [5.74, 6) is 1.21. The first-order chi connectivity index (χ1) is 13.6. The fourth-order valence-electron chi connectivity index (χ4n) is 4.33. The molecule has 2 aromatic rings. The standard InChI is InChI=1S/C25H27ClN2/c1-18-21(17-27-19(2)28-14-6-3-7-15-28)16-25(20-10-12-22(26)13-11-20)24-9-5-4-8-23(18)24/h4-5,8-13,17,25H,2-3,6-7,14-16H2,1H3/b27-17-. The summed E-state index contributed by atoms with van der Waals surface area (Å²) in [5, 5.41) is 0.777. The highest BCUT2D eigenvalue weighted by atomic mass is 35.5. The van der Waals surface area contributed by atoms with Crippen molar-refractivity contribution in [3.05, 3.63) is 88.2 Å². The lowest BCUT2D eigenvalue weighted by atomic mass is 9.76. The molecule has 0 aromatic heterocycles. The number of rotatable bonds is 4. The molecule has 1 unspecified atom stereocenters. The molecule has 2 aliphatic rings. The van der Waals surface area contributed by atoms with E-state index in [1.165, 1.54) is 47.1 Å². The molecule has 0 spiro atoms. The molecule has 28 heavy (non-hydrogen) atoms. The van der Waals surface area contributed by atoms with Crippen LogP contribution in [0, 0.1) is 0 Å². The molecule has 0 radical (unpaired) electrons. The van der Waals surface area contributed by atoms with Gasteiger partial charge in [0.05, 0.1) is 0 Å². The molecule has 1 saturated heterocycles. The van der Waals surface area contributed by atoms with Crippen LogP contribution in [0.5, 0.6) is 0 Å². The van der Waals surface area contributed by atoms with Crippen molar-refractivity contribution in [1.82, 2.24) is 4.90 Å². The van der Waals surface area contributed by atoms with Crippen LogP contribution in [0.1, 0.15) is 55.2 Å². The monoisotopic (exact) mass is 390 g/mol. The summed E-state index contributed by atoms with van der Waals surface area (Å²) in [5.41, 5.74) is 6.60. The molecule has 0 amide bonds. The van der Waals surface area contributed by atoms with Gasteiger partial charge in [0.2, 0.25) is 0 Å². The third-order valence-corrected chi connectivity index (χ3v) is 6.26. The van der Waals surface area contributed by atoms with Crippen LogP contribution < -0.4 is 0 Å². The van der Waals surface area contributed by atoms with Crippen LogP contribution in [0.25, 0.3) is 5.57 Å². The lowest BCUT2D eigenvalue weighted by Gasteiger charge is -2.29. The van der Waals surface area contributed by atoms with E-state index in [0.29, 0.717) is 5.92 Å². The van der Waals surface area contributed by atoms with Gasteiger partial charge in [-0.2, -0.15) is 0 Å². The Labute approximate surface area is 173 Å². The van der Waals surface area contributed by atoms with Gasteiger partial charge in [0.1, 0.15) is 5.82 Å². The molecule has 1 aliphatic heterocycles. The Hall–Kier alpha value is -2.32. The van der Waals surface area contributed by atoms with E-state index in [1.54, 1.807) is 0 Å². The maximum atomic E-state index is 6.12. The maximum absolute atomic E-state index is 6.12. The van der Waals surface area contributed by atoms with Crippen LogP contribution in [0.15, 0.2) is 71.5 Å². The lowest BCUT2D eigenvalue weighted by Crippen LogP contribution is -2.28. The van der Waals surface area contributed by atoms with Crippen LogP contribution in [0.2, 0.25) is 5.02 Å². The smallest absolute Gasteiger partial charge is 0.121 e. The van der Waals surface area contributed by atoms with E-state index in [4.69, 9.17) is 16.6 Å². The van der Waals surface area contributed by atoms with Crippen LogP contribution in [-0.4, -0.2) is 24.2 Å². The van der Waals surface area contributed by atoms with Crippen LogP contribution in [0.3, 0.4) is 0 Å². The third-order valence-electron chi connectivity index (χ3n) is 6.01. The van der Waals surface area contributed by atoms with Gasteiger partial charge in [-0.3, -0.25) is 0 Å². The molecule has 3 heteroatoms. The highest BCUT2D eigenvalue weighted by molar-refractivity contribution is 6.30. The molecule has 1 atom stereocenters. The Balaban J connectivity index is 1.64. The highest BCUT2D eigenvalue weighted by Crippen LogP contribution is 2.41. The number of aliphatic imine (C=N–C) groups is 1. The summed E-state index contributed by atoms with van der Waals surface area (Å²) >= 11 is 6.12. The van der Waals surface area contributed by atoms with E-state index in [2.05, 4.69) is 54.8 Å². The molecule has 0 N–H and O–H groups in total. The van der Waals surface area contributed by atoms with E-state index in [-0.39, 0.29) is 0 Å². The molecule has 1 fully saturated rings. The first kappa shape index (κ1) is 19.0. The van der Waals surface area contributed by atoms with Gasteiger partial charge in [-0.1, -0.05) is 54.6 Å². The second kappa shape index (κ2) is 8.36. The number of hydrogen-bond acceptors (Lipinski definition) is 2. The van der Waals surface area contributed by atoms with Gasteiger partial charge in [-0.15, -0.1) is 0 Å². The molecule has 2 aromatic carbocycles. The minimum absolute atomic E-state index is 0.321. The largest absolute Gasteiger partial charge is 0.357 e. The number of allylic oxidation sites excluding steroid dienone is 2. The van der Waals surface area contributed by atoms with Crippen molar-refractivity contribution in [2.24, 2.45) is 4.99 Å². The average Bonchev–Trinajstić information content (AvgIpc) is 2.74. The number of piperidine rings is 1. The van der Waals surface area contributed by atoms with Crippen molar-refractivity contribution < 1.29 is 0 Å². The zero-order chi connectivity index (χ0) is 19.5. The van der Waals surface area contributed by atoms with Gasteiger partial charge in [0, 0.05) is 30.2 Å². The fraction of sp³-hybridized carbons (Fsp3) is 0.320. The van der Waals surface area contributed by atoms with Crippen LogP contribution in [0.4, 0.5) is 0 Å². The molecular formula is C25H27ClN2. The van der Waals surface area contributed by atoms with Gasteiger partial charge in [-0.05, 0) is 72.6 Å². The topological polar surface area (TPSA) is 15.6 Å².